The Morgan fingerprint density at radius 1 is 1.24 bits per heavy atom. The fraction of sp³-hybridized carbons (Fsp3) is 0.350. The van der Waals surface area contributed by atoms with Gasteiger partial charge < -0.3 is 4.90 Å². The van der Waals surface area contributed by atoms with Crippen LogP contribution in [0.1, 0.15) is 35.2 Å². The van der Waals surface area contributed by atoms with Crippen LogP contribution < -0.4 is 0 Å². The van der Waals surface area contributed by atoms with Gasteiger partial charge in [0.2, 0.25) is 0 Å². The van der Waals surface area contributed by atoms with Gasteiger partial charge in [-0.1, -0.05) is 0 Å². The molecule has 25 heavy (non-hydrogen) atoms. The van der Waals surface area contributed by atoms with Gasteiger partial charge in [-0.3, -0.25) is 14.8 Å². The Labute approximate surface area is 147 Å². The average Bonchev–Trinajstić information content (AvgIpc) is 2.98. The van der Waals surface area contributed by atoms with Gasteiger partial charge in [0.15, 0.2) is 0 Å². The number of rotatable bonds is 7. The number of nitrogens with zero attached hydrogens (tertiary/aromatic N) is 3. The summed E-state index contributed by atoms with van der Waals surface area (Å²) in [6.07, 6.45) is 3.60. The molecule has 0 aliphatic carbocycles. The van der Waals surface area contributed by atoms with Crippen molar-refractivity contribution in [1.82, 2.24) is 9.88 Å². The van der Waals surface area contributed by atoms with Crippen LogP contribution in [0.15, 0.2) is 41.5 Å². The lowest BCUT2D eigenvalue weighted by molar-refractivity contribution is -0.118. The number of hydrogen-bond donors (Lipinski definition) is 0. The predicted octanol–water partition coefficient (Wildman–Crippen LogP) is 3.03. The summed E-state index contributed by atoms with van der Waals surface area (Å²) in [5.41, 5.74) is 4.56. The highest BCUT2D eigenvalue weighted by molar-refractivity contribution is 6.14. The van der Waals surface area contributed by atoms with Crippen LogP contribution in [0.3, 0.4) is 0 Å². The zero-order chi connectivity index (χ0) is 17.8. The lowest BCUT2D eigenvalue weighted by Crippen LogP contribution is -2.15. The van der Waals surface area contributed by atoms with Gasteiger partial charge in [-0.15, -0.1) is 0 Å². The Morgan fingerprint density at radius 2 is 2.00 bits per heavy atom. The van der Waals surface area contributed by atoms with E-state index in [2.05, 4.69) is 14.9 Å². The smallest absolute Gasteiger partial charge is 0.138 e. The van der Waals surface area contributed by atoms with E-state index in [-0.39, 0.29) is 11.6 Å². The third-order valence-electron chi connectivity index (χ3n) is 4.27. The molecule has 0 atom stereocenters. The Bertz CT molecular complexity index is 797. The van der Waals surface area contributed by atoms with E-state index in [1.807, 2.05) is 20.2 Å². The van der Waals surface area contributed by atoms with Crippen molar-refractivity contribution >= 4 is 11.5 Å². The minimum absolute atomic E-state index is 0.215. The molecule has 2 aromatic rings. The molecule has 3 rings (SSSR count). The molecule has 1 aliphatic heterocycles. The van der Waals surface area contributed by atoms with E-state index in [1.54, 1.807) is 18.3 Å². The number of halogens is 1. The monoisotopic (exact) mass is 339 g/mol. The molecule has 0 unspecified atom stereocenters. The third kappa shape index (κ3) is 4.37. The molecule has 0 fully saturated rings. The van der Waals surface area contributed by atoms with Crippen LogP contribution in [0.4, 0.5) is 4.39 Å². The first-order chi connectivity index (χ1) is 12.0. The number of aromatic nitrogens is 1. The van der Waals surface area contributed by atoms with Crippen molar-refractivity contribution < 1.29 is 9.18 Å². The second-order valence-corrected chi connectivity index (χ2v) is 6.63. The molecule has 2 heterocycles. The van der Waals surface area contributed by atoms with E-state index in [0.29, 0.717) is 19.4 Å². The zero-order valence-electron chi connectivity index (χ0n) is 14.6. The Kier molecular flexibility index (Phi) is 5.34. The largest absolute Gasteiger partial charge is 0.309 e. The third-order valence-corrected chi connectivity index (χ3v) is 4.27. The van der Waals surface area contributed by atoms with Gasteiger partial charge in [0, 0.05) is 35.9 Å². The molecule has 0 radical (unpaired) electrons. The van der Waals surface area contributed by atoms with Crippen LogP contribution >= 0.6 is 0 Å². The maximum Gasteiger partial charge on any atom is 0.138 e. The molecule has 0 amide bonds. The molecule has 1 aromatic heterocycles. The van der Waals surface area contributed by atoms with Crippen LogP contribution in [0.5, 0.6) is 0 Å². The Hall–Kier alpha value is -2.40. The molecule has 130 valence electrons. The highest BCUT2D eigenvalue weighted by atomic mass is 19.1. The van der Waals surface area contributed by atoms with Gasteiger partial charge in [0.25, 0.3) is 0 Å². The fourth-order valence-electron chi connectivity index (χ4n) is 2.97. The molecule has 1 aromatic carbocycles. The van der Waals surface area contributed by atoms with Gasteiger partial charge in [-0.2, -0.15) is 0 Å². The van der Waals surface area contributed by atoms with E-state index in [1.165, 1.54) is 12.1 Å². The van der Waals surface area contributed by atoms with E-state index in [9.17, 15) is 9.18 Å². The Morgan fingerprint density at radius 3 is 2.72 bits per heavy atom. The standard InChI is InChI=1S/C20H22FN3O/c1-24(2)9-3-4-18(25)11-17-10-15-12-23-20(19(15)13-22-17)14-5-7-16(21)8-6-14/h5-8,10,13H,3-4,9,11-12H2,1-2H3. The highest BCUT2D eigenvalue weighted by Gasteiger charge is 2.19. The maximum absolute atomic E-state index is 13.1. The number of carbonyl (C=O) groups excluding carboxylic acids is 1. The molecule has 4 nitrogen and oxygen atoms in total. The number of benzene rings is 1. The number of carbonyl (C=O) groups is 1. The molecule has 0 saturated heterocycles. The normalized spacial score (nSPS) is 13.0. The van der Waals surface area contributed by atoms with Crippen molar-refractivity contribution in [2.45, 2.75) is 25.8 Å². The van der Waals surface area contributed by atoms with Gasteiger partial charge >= 0.3 is 0 Å². The minimum Gasteiger partial charge on any atom is -0.309 e. The molecule has 1 aliphatic rings. The SMILES string of the molecule is CN(C)CCCC(=O)Cc1cc2c(cn1)C(c1ccc(F)cc1)=NC2. The predicted molar refractivity (Wildman–Crippen MR) is 96.5 cm³/mol. The van der Waals surface area contributed by atoms with Crippen molar-refractivity contribution in [1.29, 1.82) is 0 Å². The molecule has 0 spiro atoms. The number of pyridine rings is 1. The van der Waals surface area contributed by atoms with Gasteiger partial charge in [0.1, 0.15) is 11.6 Å². The number of ketones is 1. The van der Waals surface area contributed by atoms with Crippen LogP contribution in [0.25, 0.3) is 0 Å². The van der Waals surface area contributed by atoms with Crippen LogP contribution in [0, 0.1) is 5.82 Å². The first-order valence-electron chi connectivity index (χ1n) is 8.48. The minimum atomic E-state index is -0.260. The van der Waals surface area contributed by atoms with E-state index < -0.39 is 0 Å². The molecule has 5 heteroatoms. The highest BCUT2D eigenvalue weighted by Crippen LogP contribution is 2.23. The van der Waals surface area contributed by atoms with Gasteiger partial charge in [0.05, 0.1) is 12.3 Å². The molecule has 0 N–H and O–H groups in total. The second kappa shape index (κ2) is 7.66. The first kappa shape index (κ1) is 17.4. The number of hydrogen-bond acceptors (Lipinski definition) is 4. The van der Waals surface area contributed by atoms with Crippen molar-refractivity contribution in [2.75, 3.05) is 20.6 Å². The van der Waals surface area contributed by atoms with Crippen LogP contribution in [-0.2, 0) is 17.8 Å². The molecular formula is C20H22FN3O. The van der Waals surface area contributed by atoms with E-state index in [0.717, 1.165) is 41.1 Å². The number of Topliss-reactive ketones (excluding diaryl/α,β-unsaturated/α-hetero) is 1. The average molecular weight is 339 g/mol. The topological polar surface area (TPSA) is 45.6 Å². The number of aliphatic imine (C=N–C) groups is 1. The van der Waals surface area contributed by atoms with Crippen molar-refractivity contribution in [3.8, 4) is 0 Å². The van der Waals surface area contributed by atoms with Gasteiger partial charge in [-0.25, -0.2) is 4.39 Å². The van der Waals surface area contributed by atoms with Crippen molar-refractivity contribution in [2.24, 2.45) is 4.99 Å². The maximum atomic E-state index is 13.1. The van der Waals surface area contributed by atoms with Crippen molar-refractivity contribution in [3.63, 3.8) is 0 Å². The van der Waals surface area contributed by atoms with Crippen LogP contribution in [-0.4, -0.2) is 42.0 Å². The summed E-state index contributed by atoms with van der Waals surface area (Å²) in [5, 5.41) is 0. The van der Waals surface area contributed by atoms with E-state index >= 15 is 0 Å². The first-order valence-corrected chi connectivity index (χ1v) is 8.48. The molecular weight excluding hydrogens is 317 g/mol. The summed E-state index contributed by atoms with van der Waals surface area (Å²) in [4.78, 5) is 23.2. The van der Waals surface area contributed by atoms with Crippen molar-refractivity contribution in [3.05, 3.63) is 64.7 Å². The fourth-order valence-corrected chi connectivity index (χ4v) is 2.97. The molecule has 0 saturated carbocycles. The Balaban J connectivity index is 1.66. The summed E-state index contributed by atoms with van der Waals surface area (Å²) in [6.45, 7) is 1.49. The summed E-state index contributed by atoms with van der Waals surface area (Å²) < 4.78 is 13.1. The summed E-state index contributed by atoms with van der Waals surface area (Å²) in [5.74, 6) is -0.0456. The van der Waals surface area contributed by atoms with Crippen LogP contribution in [0.2, 0.25) is 0 Å². The lowest BCUT2D eigenvalue weighted by atomic mass is 10.0. The summed E-state index contributed by atoms with van der Waals surface area (Å²) in [7, 11) is 4.01. The number of fused-ring (bicyclic) bond motifs is 1. The summed E-state index contributed by atoms with van der Waals surface area (Å²) in [6, 6.07) is 8.30. The lowest BCUT2D eigenvalue weighted by Gasteiger charge is -2.09. The van der Waals surface area contributed by atoms with E-state index in [4.69, 9.17) is 0 Å². The summed E-state index contributed by atoms with van der Waals surface area (Å²) >= 11 is 0. The van der Waals surface area contributed by atoms with Gasteiger partial charge in [-0.05, 0) is 63.0 Å². The second-order valence-electron chi connectivity index (χ2n) is 6.63. The quantitative estimate of drug-likeness (QED) is 0.779. The zero-order valence-corrected chi connectivity index (χ0v) is 14.6. The molecule has 0 bridgehead atoms.